The number of alkyl halides is 1. The van der Waals surface area contributed by atoms with Gasteiger partial charge in [0.15, 0.2) is 0 Å². The van der Waals surface area contributed by atoms with Gasteiger partial charge in [-0.3, -0.25) is 0 Å². The molecule has 1 heterocycles. The van der Waals surface area contributed by atoms with Crippen LogP contribution in [0.3, 0.4) is 0 Å². The summed E-state index contributed by atoms with van der Waals surface area (Å²) in [6, 6.07) is 11.5. The van der Waals surface area contributed by atoms with E-state index in [4.69, 9.17) is 0 Å². The van der Waals surface area contributed by atoms with Crippen LogP contribution in [0.1, 0.15) is 26.2 Å². The van der Waals surface area contributed by atoms with Gasteiger partial charge in [-0.15, -0.1) is 0 Å². The minimum absolute atomic E-state index is 0.733. The zero-order chi connectivity index (χ0) is 11.4. The number of anilines is 1. The van der Waals surface area contributed by atoms with Gasteiger partial charge in [-0.05, 0) is 42.2 Å². The lowest BCUT2D eigenvalue weighted by Gasteiger charge is -2.48. The minimum Gasteiger partial charge on any atom is -0.368 e. The zero-order valence-corrected chi connectivity index (χ0v) is 12.1. The van der Waals surface area contributed by atoms with E-state index in [1.807, 2.05) is 0 Å². The van der Waals surface area contributed by atoms with Crippen molar-refractivity contribution in [3.05, 3.63) is 30.3 Å². The molecule has 0 radical (unpaired) electrons. The quantitative estimate of drug-likeness (QED) is 0.446. The van der Waals surface area contributed by atoms with Gasteiger partial charge in [0.05, 0.1) is 0 Å². The van der Waals surface area contributed by atoms with Crippen molar-refractivity contribution < 1.29 is 0 Å². The molecule has 0 aliphatic carbocycles. The van der Waals surface area contributed by atoms with Gasteiger partial charge in [0.1, 0.15) is 0 Å². The molecular weight excluding hydrogens is 309 g/mol. The van der Waals surface area contributed by atoms with Gasteiger partial charge in [0.25, 0.3) is 0 Å². The second kappa shape index (κ2) is 5.89. The first-order valence-electron chi connectivity index (χ1n) is 6.20. The summed E-state index contributed by atoms with van der Waals surface area (Å²) in [5.41, 5.74) is 1.39. The van der Waals surface area contributed by atoms with Crippen LogP contribution in [0.4, 0.5) is 5.69 Å². The molecule has 1 aromatic rings. The summed E-state index contributed by atoms with van der Waals surface area (Å²) in [6.07, 6.45) is 4.20. The van der Waals surface area contributed by atoms with Crippen molar-refractivity contribution in [3.63, 3.8) is 0 Å². The van der Waals surface area contributed by atoms with Crippen LogP contribution >= 0.6 is 22.6 Å². The van der Waals surface area contributed by atoms with Gasteiger partial charge in [0.2, 0.25) is 0 Å². The summed E-state index contributed by atoms with van der Waals surface area (Å²) >= 11 is 2.47. The Morgan fingerprint density at radius 1 is 1.25 bits per heavy atom. The van der Waals surface area contributed by atoms with Crippen LogP contribution in [-0.2, 0) is 0 Å². The molecule has 1 nitrogen and oxygen atoms in total. The number of benzene rings is 1. The van der Waals surface area contributed by atoms with E-state index < -0.39 is 0 Å². The van der Waals surface area contributed by atoms with Gasteiger partial charge in [-0.2, -0.15) is 0 Å². The SMILES string of the molecule is C[C@H]1[C@H](CCCCI)CN1c1ccccc1. The first kappa shape index (κ1) is 12.2. The molecule has 1 aliphatic rings. The van der Waals surface area contributed by atoms with Gasteiger partial charge in [-0.1, -0.05) is 47.2 Å². The molecule has 0 amide bonds. The third-order valence-electron chi connectivity index (χ3n) is 3.65. The highest BCUT2D eigenvalue weighted by atomic mass is 127. The smallest absolute Gasteiger partial charge is 0.0368 e. The van der Waals surface area contributed by atoms with E-state index in [2.05, 4.69) is 64.7 Å². The molecule has 0 bridgehead atoms. The first-order valence-corrected chi connectivity index (χ1v) is 7.73. The van der Waals surface area contributed by atoms with Gasteiger partial charge < -0.3 is 4.90 Å². The summed E-state index contributed by atoms with van der Waals surface area (Å²) in [5, 5.41) is 0. The molecule has 0 unspecified atom stereocenters. The molecule has 0 saturated carbocycles. The van der Waals surface area contributed by atoms with Crippen molar-refractivity contribution in [2.24, 2.45) is 5.92 Å². The predicted octanol–water partition coefficient (Wildman–Crippen LogP) is 4.12. The number of hydrogen-bond donors (Lipinski definition) is 0. The molecule has 88 valence electrons. The van der Waals surface area contributed by atoms with Crippen LogP contribution in [0.5, 0.6) is 0 Å². The molecule has 16 heavy (non-hydrogen) atoms. The van der Waals surface area contributed by atoms with E-state index in [1.54, 1.807) is 0 Å². The van der Waals surface area contributed by atoms with E-state index in [9.17, 15) is 0 Å². The fourth-order valence-electron chi connectivity index (χ4n) is 2.48. The van der Waals surface area contributed by atoms with Crippen molar-refractivity contribution in [2.75, 3.05) is 15.9 Å². The topological polar surface area (TPSA) is 3.24 Å². The predicted molar refractivity (Wildman–Crippen MR) is 79.5 cm³/mol. The van der Waals surface area contributed by atoms with Gasteiger partial charge in [0, 0.05) is 18.3 Å². The lowest BCUT2D eigenvalue weighted by Crippen LogP contribution is -2.54. The third kappa shape index (κ3) is 2.70. The molecule has 1 aliphatic heterocycles. The Balaban J connectivity index is 1.81. The van der Waals surface area contributed by atoms with E-state index in [0.29, 0.717) is 0 Å². The van der Waals surface area contributed by atoms with Crippen LogP contribution in [0.15, 0.2) is 30.3 Å². The zero-order valence-electron chi connectivity index (χ0n) is 9.90. The molecule has 2 rings (SSSR count). The van der Waals surface area contributed by atoms with Crippen molar-refractivity contribution in [3.8, 4) is 0 Å². The Labute approximate surface area is 112 Å². The minimum atomic E-state index is 0.733. The molecule has 1 saturated heterocycles. The van der Waals surface area contributed by atoms with E-state index >= 15 is 0 Å². The number of nitrogens with zero attached hydrogens (tertiary/aromatic N) is 1. The van der Waals surface area contributed by atoms with Crippen LogP contribution in [-0.4, -0.2) is 17.0 Å². The Kier molecular flexibility index (Phi) is 4.50. The van der Waals surface area contributed by atoms with Crippen LogP contribution in [0.25, 0.3) is 0 Å². The summed E-state index contributed by atoms with van der Waals surface area (Å²) in [4.78, 5) is 2.52. The maximum absolute atomic E-state index is 2.52. The summed E-state index contributed by atoms with van der Waals surface area (Å²) in [5.74, 6) is 0.920. The fourth-order valence-corrected chi connectivity index (χ4v) is 3.02. The summed E-state index contributed by atoms with van der Waals surface area (Å²) < 4.78 is 1.31. The standard InChI is InChI=1S/C14H20IN/c1-12-13(7-5-6-10-15)11-16(12)14-8-3-2-4-9-14/h2-4,8-9,12-13H,5-7,10-11H2,1H3/t12-,13+/m0/s1. The number of halogens is 1. The van der Waals surface area contributed by atoms with E-state index in [0.717, 1.165) is 12.0 Å². The third-order valence-corrected chi connectivity index (χ3v) is 4.41. The summed E-state index contributed by atoms with van der Waals surface area (Å²) in [6.45, 7) is 3.62. The maximum atomic E-state index is 2.52. The number of unbranched alkanes of at least 4 members (excludes halogenated alkanes) is 1. The van der Waals surface area contributed by atoms with Crippen LogP contribution in [0, 0.1) is 5.92 Å². The molecule has 0 spiro atoms. The maximum Gasteiger partial charge on any atom is 0.0368 e. The molecule has 2 atom stereocenters. The van der Waals surface area contributed by atoms with Crippen LogP contribution < -0.4 is 4.90 Å². The molecule has 1 fully saturated rings. The van der Waals surface area contributed by atoms with E-state index in [-0.39, 0.29) is 0 Å². The van der Waals surface area contributed by atoms with Crippen molar-refractivity contribution in [1.82, 2.24) is 0 Å². The van der Waals surface area contributed by atoms with Crippen LogP contribution in [0.2, 0.25) is 0 Å². The lowest BCUT2D eigenvalue weighted by atomic mass is 9.85. The first-order chi connectivity index (χ1) is 7.83. The fraction of sp³-hybridized carbons (Fsp3) is 0.571. The molecule has 0 aromatic heterocycles. The average molecular weight is 329 g/mol. The molecule has 2 heteroatoms. The normalized spacial score (nSPS) is 24.2. The Morgan fingerprint density at radius 2 is 2.00 bits per heavy atom. The monoisotopic (exact) mass is 329 g/mol. The lowest BCUT2D eigenvalue weighted by molar-refractivity contribution is 0.287. The summed E-state index contributed by atoms with van der Waals surface area (Å²) in [7, 11) is 0. The average Bonchev–Trinajstić information content (AvgIpc) is 2.33. The number of para-hydroxylation sites is 1. The Hall–Kier alpha value is -0.250. The second-order valence-electron chi connectivity index (χ2n) is 4.67. The molecular formula is C14H20IN. The van der Waals surface area contributed by atoms with E-state index in [1.165, 1.54) is 35.9 Å². The van der Waals surface area contributed by atoms with Crippen molar-refractivity contribution in [1.29, 1.82) is 0 Å². The van der Waals surface area contributed by atoms with Crippen molar-refractivity contribution >= 4 is 28.3 Å². The highest BCUT2D eigenvalue weighted by Crippen LogP contribution is 2.33. The van der Waals surface area contributed by atoms with Gasteiger partial charge in [-0.25, -0.2) is 0 Å². The van der Waals surface area contributed by atoms with Gasteiger partial charge >= 0.3 is 0 Å². The number of rotatable bonds is 5. The highest BCUT2D eigenvalue weighted by Gasteiger charge is 2.34. The number of hydrogen-bond acceptors (Lipinski definition) is 1. The Bertz CT molecular complexity index is 312. The highest BCUT2D eigenvalue weighted by molar-refractivity contribution is 14.1. The molecule has 0 N–H and O–H groups in total. The second-order valence-corrected chi connectivity index (χ2v) is 5.75. The van der Waals surface area contributed by atoms with Crippen molar-refractivity contribution in [2.45, 2.75) is 32.2 Å². The Morgan fingerprint density at radius 3 is 2.62 bits per heavy atom. The molecule has 1 aromatic carbocycles. The largest absolute Gasteiger partial charge is 0.368 e.